The molecule has 0 saturated heterocycles. The van der Waals surface area contributed by atoms with Crippen LogP contribution in [0.5, 0.6) is 0 Å². The molecule has 1 N–H and O–H groups in total. The fraction of sp³-hybridized carbons (Fsp3) is 0.286. The Morgan fingerprint density at radius 2 is 1.75 bits per heavy atom. The van der Waals surface area contributed by atoms with E-state index in [0.29, 0.717) is 0 Å². The lowest BCUT2D eigenvalue weighted by atomic mass is 10.6. The largest absolute Gasteiger partial charge is 0.309 e. The summed E-state index contributed by atoms with van der Waals surface area (Å²) in [6.07, 6.45) is 6.48. The summed E-state index contributed by atoms with van der Waals surface area (Å²) in [5.74, 6) is 0. The standard InChI is InChI=1S/C4H7N.C3H6/c1-2-3-4-5;1-3-2/h2-5H,1H3;3H,1H2,2H3/b3-2+,5-4?;. The molecule has 1 heteroatoms. The monoisotopic (exact) mass is 111 g/mol. The molecule has 1 nitrogen and oxygen atoms in total. The minimum Gasteiger partial charge on any atom is -0.309 e. The van der Waals surface area contributed by atoms with E-state index in [-0.39, 0.29) is 0 Å². The predicted octanol–water partition coefficient (Wildman–Crippen LogP) is 2.40. The third-order valence-electron chi connectivity index (χ3n) is 0.289. The van der Waals surface area contributed by atoms with Gasteiger partial charge in [0.2, 0.25) is 0 Å². The topological polar surface area (TPSA) is 23.9 Å². The van der Waals surface area contributed by atoms with Crippen molar-refractivity contribution >= 4 is 6.21 Å². The van der Waals surface area contributed by atoms with Gasteiger partial charge in [-0.25, -0.2) is 0 Å². The molecule has 0 aromatic heterocycles. The highest BCUT2D eigenvalue weighted by Gasteiger charge is 1.43. The van der Waals surface area contributed by atoms with Crippen LogP contribution in [0.2, 0.25) is 0 Å². The Hall–Kier alpha value is -0.850. The zero-order valence-electron chi connectivity index (χ0n) is 5.52. The average molecular weight is 111 g/mol. The molecule has 0 saturated carbocycles. The number of nitrogens with one attached hydrogen (secondary N) is 1. The zero-order valence-corrected chi connectivity index (χ0v) is 5.52. The maximum atomic E-state index is 6.39. The molecule has 0 aromatic rings. The van der Waals surface area contributed by atoms with E-state index >= 15 is 0 Å². The van der Waals surface area contributed by atoms with Crippen LogP contribution in [0.3, 0.4) is 0 Å². The van der Waals surface area contributed by atoms with Gasteiger partial charge < -0.3 is 5.41 Å². The van der Waals surface area contributed by atoms with Gasteiger partial charge in [0.05, 0.1) is 0 Å². The van der Waals surface area contributed by atoms with Gasteiger partial charge in [-0.1, -0.05) is 12.2 Å². The Morgan fingerprint density at radius 3 is 1.75 bits per heavy atom. The van der Waals surface area contributed by atoms with Crippen LogP contribution >= 0.6 is 0 Å². The summed E-state index contributed by atoms with van der Waals surface area (Å²) in [6, 6.07) is 0. The summed E-state index contributed by atoms with van der Waals surface area (Å²) in [4.78, 5) is 0. The zero-order chi connectivity index (χ0) is 6.83. The van der Waals surface area contributed by atoms with Crippen LogP contribution in [0.25, 0.3) is 0 Å². The molecule has 46 valence electrons. The number of allylic oxidation sites excluding steroid dienone is 3. The highest BCUT2D eigenvalue weighted by atomic mass is 14.3. The number of hydrogen-bond acceptors (Lipinski definition) is 1. The van der Waals surface area contributed by atoms with Crippen molar-refractivity contribution in [2.75, 3.05) is 0 Å². The molecule has 0 aromatic carbocycles. The van der Waals surface area contributed by atoms with Gasteiger partial charge >= 0.3 is 0 Å². The van der Waals surface area contributed by atoms with Crippen LogP contribution in [-0.2, 0) is 0 Å². The average Bonchev–Trinajstić information content (AvgIpc) is 1.71. The SMILES string of the molecule is C/C=C/C=N.C=CC. The Morgan fingerprint density at radius 1 is 1.38 bits per heavy atom. The van der Waals surface area contributed by atoms with Crippen molar-refractivity contribution in [3.05, 3.63) is 24.8 Å². The Kier molecular flexibility index (Phi) is 21.0. The first kappa shape index (κ1) is 10.2. The van der Waals surface area contributed by atoms with Crippen molar-refractivity contribution in [1.29, 1.82) is 5.41 Å². The van der Waals surface area contributed by atoms with Gasteiger partial charge in [-0.05, 0) is 19.9 Å². The van der Waals surface area contributed by atoms with E-state index < -0.39 is 0 Å². The predicted molar refractivity (Wildman–Crippen MR) is 39.5 cm³/mol. The van der Waals surface area contributed by atoms with E-state index in [2.05, 4.69) is 6.58 Å². The first-order chi connectivity index (χ1) is 3.83. The second-order valence-electron chi connectivity index (χ2n) is 1.10. The fourth-order valence-corrected chi connectivity index (χ4v) is 0.0962. The van der Waals surface area contributed by atoms with Crippen LogP contribution in [0, 0.1) is 5.41 Å². The van der Waals surface area contributed by atoms with Crippen LogP contribution in [0.15, 0.2) is 24.8 Å². The number of rotatable bonds is 1. The van der Waals surface area contributed by atoms with Crippen molar-refractivity contribution in [3.63, 3.8) is 0 Å². The van der Waals surface area contributed by atoms with Crippen LogP contribution in [0.1, 0.15) is 13.8 Å². The van der Waals surface area contributed by atoms with Crippen LogP contribution < -0.4 is 0 Å². The first-order valence-electron chi connectivity index (χ1n) is 2.52. The summed E-state index contributed by atoms with van der Waals surface area (Å²) < 4.78 is 0. The maximum absolute atomic E-state index is 6.39. The van der Waals surface area contributed by atoms with Crippen LogP contribution in [0.4, 0.5) is 0 Å². The molecule has 0 fully saturated rings. The van der Waals surface area contributed by atoms with Gasteiger partial charge in [0.25, 0.3) is 0 Å². The lowest BCUT2D eigenvalue weighted by molar-refractivity contribution is 1.57. The summed E-state index contributed by atoms with van der Waals surface area (Å²) >= 11 is 0. The highest BCUT2D eigenvalue weighted by Crippen LogP contribution is 1.55. The molecule has 0 amide bonds. The molecule has 0 aliphatic rings. The quantitative estimate of drug-likeness (QED) is 0.397. The van der Waals surface area contributed by atoms with Crippen molar-refractivity contribution in [2.24, 2.45) is 0 Å². The number of hydrogen-bond donors (Lipinski definition) is 1. The Labute approximate surface area is 51.2 Å². The Bertz CT molecular complexity index is 72.5. The van der Waals surface area contributed by atoms with E-state index in [0.717, 1.165) is 0 Å². The third-order valence-corrected chi connectivity index (χ3v) is 0.289. The van der Waals surface area contributed by atoms with Gasteiger partial charge in [-0.3, -0.25) is 0 Å². The maximum Gasteiger partial charge on any atom is 0.0174 e. The van der Waals surface area contributed by atoms with Gasteiger partial charge in [0.1, 0.15) is 0 Å². The molecule has 8 heavy (non-hydrogen) atoms. The van der Waals surface area contributed by atoms with Crippen molar-refractivity contribution in [1.82, 2.24) is 0 Å². The first-order valence-corrected chi connectivity index (χ1v) is 2.52. The third kappa shape index (κ3) is 67.1. The lowest BCUT2D eigenvalue weighted by Crippen LogP contribution is -1.48. The molecule has 0 atom stereocenters. The van der Waals surface area contributed by atoms with E-state index in [1.807, 2.05) is 19.9 Å². The van der Waals surface area contributed by atoms with E-state index in [4.69, 9.17) is 5.41 Å². The van der Waals surface area contributed by atoms with Gasteiger partial charge in [-0.15, -0.1) is 6.58 Å². The lowest BCUT2D eigenvalue weighted by Gasteiger charge is -1.54. The van der Waals surface area contributed by atoms with Gasteiger partial charge in [0, 0.05) is 6.21 Å². The smallest absolute Gasteiger partial charge is 0.0174 e. The summed E-state index contributed by atoms with van der Waals surface area (Å²) in [6.45, 7) is 7.13. The summed E-state index contributed by atoms with van der Waals surface area (Å²) in [5, 5.41) is 6.39. The van der Waals surface area contributed by atoms with Crippen molar-refractivity contribution < 1.29 is 0 Å². The van der Waals surface area contributed by atoms with Gasteiger partial charge in [-0.2, -0.15) is 0 Å². The Balaban J connectivity index is 0. The molecule has 0 aliphatic heterocycles. The molecule has 0 spiro atoms. The second-order valence-corrected chi connectivity index (χ2v) is 1.10. The fourth-order valence-electron chi connectivity index (χ4n) is 0.0962. The van der Waals surface area contributed by atoms with Crippen molar-refractivity contribution in [3.8, 4) is 0 Å². The normalized spacial score (nSPS) is 7.25. The summed E-state index contributed by atoms with van der Waals surface area (Å²) in [5.41, 5.74) is 0. The van der Waals surface area contributed by atoms with Crippen molar-refractivity contribution in [2.45, 2.75) is 13.8 Å². The van der Waals surface area contributed by atoms with E-state index in [1.165, 1.54) is 6.21 Å². The minimum atomic E-state index is 1.25. The van der Waals surface area contributed by atoms with E-state index in [9.17, 15) is 0 Å². The molecule has 0 aliphatic carbocycles. The molecule has 0 radical (unpaired) electrons. The van der Waals surface area contributed by atoms with E-state index in [1.54, 1.807) is 12.2 Å². The molecular weight excluding hydrogens is 98.1 g/mol. The molecule has 0 bridgehead atoms. The van der Waals surface area contributed by atoms with Gasteiger partial charge in [0.15, 0.2) is 0 Å². The molecule has 0 heterocycles. The second kappa shape index (κ2) is 16.4. The minimum absolute atomic E-state index is 1.25. The summed E-state index contributed by atoms with van der Waals surface area (Å²) in [7, 11) is 0. The highest BCUT2D eigenvalue weighted by molar-refractivity contribution is 5.67. The van der Waals surface area contributed by atoms with Crippen LogP contribution in [-0.4, -0.2) is 6.21 Å². The molecule has 0 rings (SSSR count). The molecular formula is C7H13N. The molecule has 0 unspecified atom stereocenters.